The van der Waals surface area contributed by atoms with Crippen molar-refractivity contribution in [3.63, 3.8) is 0 Å². The molecule has 0 aliphatic heterocycles. The third-order valence-corrected chi connectivity index (χ3v) is 1.83. The van der Waals surface area contributed by atoms with Gasteiger partial charge in [0, 0.05) is 13.5 Å². The van der Waals surface area contributed by atoms with Crippen molar-refractivity contribution in [2.45, 2.75) is 45.8 Å². The van der Waals surface area contributed by atoms with Gasteiger partial charge >= 0.3 is 0 Å². The van der Waals surface area contributed by atoms with Gasteiger partial charge in [-0.15, -0.1) is 0 Å². The van der Waals surface area contributed by atoms with E-state index in [1.165, 1.54) is 6.92 Å². The molecule has 0 radical (unpaired) electrons. The van der Waals surface area contributed by atoms with Crippen molar-refractivity contribution in [1.29, 1.82) is 0 Å². The molecule has 0 saturated carbocycles. The van der Waals surface area contributed by atoms with Crippen LogP contribution in [0.5, 0.6) is 0 Å². The maximum atomic E-state index is 10.9. The first kappa shape index (κ1) is 13.4. The molecule has 1 amide bonds. The molecule has 0 unspecified atom stereocenters. The molecule has 4 nitrogen and oxygen atoms in total. The monoisotopic (exact) mass is 202 g/mol. The van der Waals surface area contributed by atoms with Crippen molar-refractivity contribution >= 4 is 5.91 Å². The molecular formula is C10H22N2O2. The smallest absolute Gasteiger partial charge is 0.217 e. The van der Waals surface area contributed by atoms with Crippen molar-refractivity contribution < 1.29 is 9.53 Å². The van der Waals surface area contributed by atoms with Crippen molar-refractivity contribution in [2.24, 2.45) is 5.73 Å². The largest absolute Gasteiger partial charge is 0.372 e. The van der Waals surface area contributed by atoms with Gasteiger partial charge in [-0.1, -0.05) is 0 Å². The van der Waals surface area contributed by atoms with Gasteiger partial charge in [-0.25, -0.2) is 0 Å². The summed E-state index contributed by atoms with van der Waals surface area (Å²) < 4.78 is 5.60. The lowest BCUT2D eigenvalue weighted by Crippen LogP contribution is -2.49. The summed E-state index contributed by atoms with van der Waals surface area (Å²) in [4.78, 5) is 10.9. The number of nitrogens with one attached hydrogen (secondary N) is 1. The molecule has 4 heteroatoms. The van der Waals surface area contributed by atoms with Crippen molar-refractivity contribution in [2.75, 3.05) is 13.2 Å². The number of rotatable bonds is 5. The van der Waals surface area contributed by atoms with Crippen LogP contribution in [0, 0.1) is 0 Å². The topological polar surface area (TPSA) is 64.3 Å². The molecule has 0 saturated heterocycles. The van der Waals surface area contributed by atoms with Crippen molar-refractivity contribution in [1.82, 2.24) is 5.32 Å². The predicted molar refractivity (Wildman–Crippen MR) is 57.0 cm³/mol. The van der Waals surface area contributed by atoms with E-state index in [-0.39, 0.29) is 17.0 Å². The van der Waals surface area contributed by atoms with E-state index in [2.05, 4.69) is 5.32 Å². The highest BCUT2D eigenvalue weighted by Gasteiger charge is 2.24. The van der Waals surface area contributed by atoms with Crippen LogP contribution in [0.2, 0.25) is 0 Å². The number of ether oxygens (including phenoxy) is 1. The molecule has 0 aromatic heterocycles. The van der Waals surface area contributed by atoms with Gasteiger partial charge in [0.25, 0.3) is 0 Å². The molecule has 0 fully saturated rings. The molecular weight excluding hydrogens is 180 g/mol. The average molecular weight is 202 g/mol. The minimum atomic E-state index is -0.349. The highest BCUT2D eigenvalue weighted by Crippen LogP contribution is 2.11. The van der Waals surface area contributed by atoms with Crippen LogP contribution >= 0.6 is 0 Å². The lowest BCUT2D eigenvalue weighted by Gasteiger charge is -2.31. The van der Waals surface area contributed by atoms with Gasteiger partial charge in [0.1, 0.15) is 0 Å². The van der Waals surface area contributed by atoms with Gasteiger partial charge in [-0.05, 0) is 27.7 Å². The number of amides is 1. The van der Waals surface area contributed by atoms with Gasteiger partial charge in [0.2, 0.25) is 5.91 Å². The molecule has 0 atom stereocenters. The Morgan fingerprint density at radius 2 is 1.86 bits per heavy atom. The van der Waals surface area contributed by atoms with E-state index >= 15 is 0 Å². The molecule has 0 aliphatic rings. The zero-order valence-electron chi connectivity index (χ0n) is 9.81. The number of nitrogens with two attached hydrogens (primary N) is 1. The summed E-state index contributed by atoms with van der Waals surface area (Å²) >= 11 is 0. The summed E-state index contributed by atoms with van der Waals surface area (Å²) in [5.74, 6) is -0.0517. The second kappa shape index (κ2) is 4.75. The van der Waals surface area contributed by atoms with Gasteiger partial charge < -0.3 is 15.8 Å². The van der Waals surface area contributed by atoms with Crippen molar-refractivity contribution in [3.8, 4) is 0 Å². The first-order valence-corrected chi connectivity index (χ1v) is 4.81. The van der Waals surface area contributed by atoms with Gasteiger partial charge in [-0.3, -0.25) is 4.79 Å². The van der Waals surface area contributed by atoms with E-state index in [4.69, 9.17) is 10.5 Å². The molecule has 84 valence electrons. The normalized spacial score (nSPS) is 12.7. The summed E-state index contributed by atoms with van der Waals surface area (Å²) in [6.07, 6.45) is 0. The average Bonchev–Trinajstić information content (AvgIpc) is 1.99. The summed E-state index contributed by atoms with van der Waals surface area (Å²) in [5, 5.41) is 2.81. The van der Waals surface area contributed by atoms with E-state index in [0.717, 1.165) is 0 Å². The molecule has 3 N–H and O–H groups in total. The summed E-state index contributed by atoms with van der Waals surface area (Å²) in [5.41, 5.74) is 4.84. The molecule has 0 bridgehead atoms. The SMILES string of the molecule is CC(=O)NC(C)(C)COC(C)(C)CN. The number of hydrogen-bond acceptors (Lipinski definition) is 3. The summed E-state index contributed by atoms with van der Waals surface area (Å²) in [7, 11) is 0. The van der Waals surface area contributed by atoms with Gasteiger partial charge in [0.15, 0.2) is 0 Å². The maximum Gasteiger partial charge on any atom is 0.217 e. The number of hydrogen-bond donors (Lipinski definition) is 2. The standard InChI is InChI=1S/C10H22N2O2/c1-8(13)12-9(2,3)7-14-10(4,5)6-11/h6-7,11H2,1-5H3,(H,12,13). The van der Waals surface area contributed by atoms with Gasteiger partial charge in [-0.2, -0.15) is 0 Å². The Morgan fingerprint density at radius 3 is 2.21 bits per heavy atom. The second-order valence-electron chi connectivity index (χ2n) is 4.82. The molecule has 0 spiro atoms. The highest BCUT2D eigenvalue weighted by atomic mass is 16.5. The highest BCUT2D eigenvalue weighted by molar-refractivity contribution is 5.73. The molecule has 14 heavy (non-hydrogen) atoms. The van der Waals surface area contributed by atoms with E-state index < -0.39 is 0 Å². The Kier molecular flexibility index (Phi) is 4.55. The molecule has 0 heterocycles. The zero-order valence-corrected chi connectivity index (χ0v) is 9.81. The molecule has 0 rings (SSSR count). The minimum absolute atomic E-state index is 0.0517. The Bertz CT molecular complexity index is 200. The van der Waals surface area contributed by atoms with Crippen LogP contribution in [-0.2, 0) is 9.53 Å². The van der Waals surface area contributed by atoms with Crippen LogP contribution in [0.1, 0.15) is 34.6 Å². The van der Waals surface area contributed by atoms with Crippen LogP contribution in [0.4, 0.5) is 0 Å². The molecule has 0 aliphatic carbocycles. The summed E-state index contributed by atoms with van der Waals surface area (Å²) in [6.45, 7) is 10.1. The lowest BCUT2D eigenvalue weighted by atomic mass is 10.1. The minimum Gasteiger partial charge on any atom is -0.372 e. The Labute approximate surface area is 86.2 Å². The van der Waals surface area contributed by atoms with E-state index in [0.29, 0.717) is 13.2 Å². The fourth-order valence-corrected chi connectivity index (χ4v) is 0.947. The Hall–Kier alpha value is -0.610. The Morgan fingerprint density at radius 1 is 1.36 bits per heavy atom. The van der Waals surface area contributed by atoms with Crippen LogP contribution in [0.15, 0.2) is 0 Å². The number of carbonyl (C=O) groups is 1. The zero-order chi connectivity index (χ0) is 11.4. The summed E-state index contributed by atoms with van der Waals surface area (Å²) in [6, 6.07) is 0. The van der Waals surface area contributed by atoms with Crippen LogP contribution in [0.3, 0.4) is 0 Å². The molecule has 0 aromatic carbocycles. The van der Waals surface area contributed by atoms with Crippen LogP contribution in [-0.4, -0.2) is 30.2 Å². The van der Waals surface area contributed by atoms with Crippen molar-refractivity contribution in [3.05, 3.63) is 0 Å². The van der Waals surface area contributed by atoms with E-state index in [1.54, 1.807) is 0 Å². The van der Waals surface area contributed by atoms with Gasteiger partial charge in [0.05, 0.1) is 17.7 Å². The third-order valence-electron chi connectivity index (χ3n) is 1.83. The molecule has 0 aromatic rings. The predicted octanol–water partition coefficient (Wildman–Crippen LogP) is 0.655. The first-order valence-electron chi connectivity index (χ1n) is 4.81. The number of carbonyl (C=O) groups excluding carboxylic acids is 1. The van der Waals surface area contributed by atoms with E-state index in [9.17, 15) is 4.79 Å². The fraction of sp³-hybridized carbons (Fsp3) is 0.900. The van der Waals surface area contributed by atoms with Crippen LogP contribution < -0.4 is 11.1 Å². The Balaban J connectivity index is 4.04. The quantitative estimate of drug-likeness (QED) is 0.688. The van der Waals surface area contributed by atoms with E-state index in [1.807, 2.05) is 27.7 Å². The lowest BCUT2D eigenvalue weighted by molar-refractivity contribution is -0.122. The second-order valence-corrected chi connectivity index (χ2v) is 4.82. The van der Waals surface area contributed by atoms with Crippen LogP contribution in [0.25, 0.3) is 0 Å². The fourth-order valence-electron chi connectivity index (χ4n) is 0.947. The maximum absolute atomic E-state index is 10.9. The first-order chi connectivity index (χ1) is 6.18. The third kappa shape index (κ3) is 5.94.